The Bertz CT molecular complexity index is 275. The molecular weight excluding hydrogens is 182 g/mol. The number of hydrogen-bond acceptors (Lipinski definition) is 5. The van der Waals surface area contributed by atoms with Crippen molar-refractivity contribution in [2.75, 3.05) is 6.61 Å². The molecule has 0 aliphatic heterocycles. The van der Waals surface area contributed by atoms with Gasteiger partial charge in [-0.1, -0.05) is 12.1 Å². The predicted molar refractivity (Wildman–Crippen MR) is 51.6 cm³/mol. The van der Waals surface area contributed by atoms with Gasteiger partial charge in [0.25, 0.3) is 0 Å². The van der Waals surface area contributed by atoms with Gasteiger partial charge in [0.15, 0.2) is 5.82 Å². The molecule has 1 aromatic rings. The molecule has 1 heterocycles. The molecule has 0 saturated heterocycles. The highest BCUT2D eigenvalue weighted by Crippen LogP contribution is 2.16. The second-order valence-corrected chi connectivity index (χ2v) is 3.10. The van der Waals surface area contributed by atoms with Gasteiger partial charge in [0.05, 0.1) is 6.04 Å². The summed E-state index contributed by atoms with van der Waals surface area (Å²) in [7, 11) is 0. The number of aromatic nitrogens is 2. The van der Waals surface area contributed by atoms with Crippen molar-refractivity contribution in [3.05, 3.63) is 11.7 Å². The molecule has 0 radical (unpaired) electrons. The molecule has 14 heavy (non-hydrogen) atoms. The van der Waals surface area contributed by atoms with Crippen LogP contribution in [0.4, 0.5) is 0 Å². The van der Waals surface area contributed by atoms with Crippen LogP contribution in [-0.4, -0.2) is 16.7 Å². The topological polar surface area (TPSA) is 74.2 Å². The molecule has 0 aliphatic rings. The molecule has 0 aliphatic carbocycles. The highest BCUT2D eigenvalue weighted by Gasteiger charge is 2.16. The predicted octanol–water partition coefficient (Wildman–Crippen LogP) is 1.58. The summed E-state index contributed by atoms with van der Waals surface area (Å²) in [6, 6.07) is -0.176. The first kappa shape index (κ1) is 11.1. The van der Waals surface area contributed by atoms with Crippen molar-refractivity contribution >= 4 is 0 Å². The Hall–Kier alpha value is -0.940. The summed E-state index contributed by atoms with van der Waals surface area (Å²) >= 11 is 0. The monoisotopic (exact) mass is 199 g/mol. The largest absolute Gasteiger partial charge is 0.371 e. The third-order valence-electron chi connectivity index (χ3n) is 1.99. The standard InChI is InChI=1S/C9H17N3O2/c1-4-7(10)9-11-8(12-14-9)6(3)13-5-2/h6-7H,4-5,10H2,1-3H3/t6?,7-/m1/s1. The van der Waals surface area contributed by atoms with E-state index >= 15 is 0 Å². The van der Waals surface area contributed by atoms with E-state index in [-0.39, 0.29) is 12.1 Å². The zero-order valence-electron chi connectivity index (χ0n) is 8.86. The van der Waals surface area contributed by atoms with Gasteiger partial charge in [0.1, 0.15) is 6.10 Å². The molecule has 2 N–H and O–H groups in total. The van der Waals surface area contributed by atoms with Crippen LogP contribution >= 0.6 is 0 Å². The molecule has 0 saturated carbocycles. The van der Waals surface area contributed by atoms with Crippen LogP contribution in [0.15, 0.2) is 4.52 Å². The van der Waals surface area contributed by atoms with E-state index in [4.69, 9.17) is 15.0 Å². The first-order valence-electron chi connectivity index (χ1n) is 4.89. The molecule has 2 atom stereocenters. The molecular formula is C9H17N3O2. The van der Waals surface area contributed by atoms with Crippen molar-refractivity contribution in [2.45, 2.75) is 39.3 Å². The maximum atomic E-state index is 5.74. The van der Waals surface area contributed by atoms with Gasteiger partial charge in [-0.15, -0.1) is 0 Å². The minimum atomic E-state index is -0.176. The van der Waals surface area contributed by atoms with Crippen LogP contribution in [0.25, 0.3) is 0 Å². The summed E-state index contributed by atoms with van der Waals surface area (Å²) in [6.45, 7) is 6.41. The molecule has 5 nitrogen and oxygen atoms in total. The van der Waals surface area contributed by atoms with Gasteiger partial charge in [-0.05, 0) is 20.3 Å². The van der Waals surface area contributed by atoms with E-state index in [1.54, 1.807) is 0 Å². The summed E-state index contributed by atoms with van der Waals surface area (Å²) < 4.78 is 10.3. The Balaban J connectivity index is 2.67. The van der Waals surface area contributed by atoms with Crippen molar-refractivity contribution in [1.82, 2.24) is 10.1 Å². The van der Waals surface area contributed by atoms with Gasteiger partial charge >= 0.3 is 0 Å². The lowest BCUT2D eigenvalue weighted by Crippen LogP contribution is -2.09. The lowest BCUT2D eigenvalue weighted by atomic mass is 10.2. The number of hydrogen-bond donors (Lipinski definition) is 1. The van der Waals surface area contributed by atoms with Crippen LogP contribution in [0, 0.1) is 0 Å². The molecule has 1 unspecified atom stereocenters. The summed E-state index contributed by atoms with van der Waals surface area (Å²) in [5, 5.41) is 3.81. The molecule has 0 aromatic carbocycles. The van der Waals surface area contributed by atoms with Crippen molar-refractivity contribution in [3.63, 3.8) is 0 Å². The van der Waals surface area contributed by atoms with Crippen LogP contribution in [0.3, 0.4) is 0 Å². The second-order valence-electron chi connectivity index (χ2n) is 3.10. The quantitative estimate of drug-likeness (QED) is 0.779. The Morgan fingerprint density at radius 1 is 1.50 bits per heavy atom. The van der Waals surface area contributed by atoms with Gasteiger partial charge in [-0.25, -0.2) is 0 Å². The van der Waals surface area contributed by atoms with Crippen LogP contribution in [0.5, 0.6) is 0 Å². The highest BCUT2D eigenvalue weighted by atomic mass is 16.5. The third kappa shape index (κ3) is 2.52. The molecule has 1 rings (SSSR count). The average Bonchev–Trinajstić information content (AvgIpc) is 2.66. The second kappa shape index (κ2) is 5.07. The van der Waals surface area contributed by atoms with Gasteiger partial charge in [0, 0.05) is 6.61 Å². The summed E-state index contributed by atoms with van der Waals surface area (Å²) in [4.78, 5) is 4.17. The SMILES string of the molecule is CCOC(C)c1noc([C@H](N)CC)n1. The molecule has 80 valence electrons. The Morgan fingerprint density at radius 3 is 2.79 bits per heavy atom. The van der Waals surface area contributed by atoms with Crippen molar-refractivity contribution < 1.29 is 9.26 Å². The van der Waals surface area contributed by atoms with Gasteiger partial charge in [0.2, 0.25) is 5.89 Å². The van der Waals surface area contributed by atoms with E-state index in [2.05, 4.69) is 10.1 Å². The van der Waals surface area contributed by atoms with E-state index in [9.17, 15) is 0 Å². The lowest BCUT2D eigenvalue weighted by molar-refractivity contribution is 0.0683. The molecule has 5 heteroatoms. The van der Waals surface area contributed by atoms with Crippen molar-refractivity contribution in [3.8, 4) is 0 Å². The average molecular weight is 199 g/mol. The Morgan fingerprint density at radius 2 is 2.21 bits per heavy atom. The minimum absolute atomic E-state index is 0.137. The zero-order valence-corrected chi connectivity index (χ0v) is 8.86. The van der Waals surface area contributed by atoms with E-state index < -0.39 is 0 Å². The summed E-state index contributed by atoms with van der Waals surface area (Å²) in [6.07, 6.45) is 0.645. The van der Waals surface area contributed by atoms with Crippen LogP contribution in [-0.2, 0) is 4.74 Å². The van der Waals surface area contributed by atoms with Gasteiger partial charge in [-0.2, -0.15) is 4.98 Å². The van der Waals surface area contributed by atoms with Crippen molar-refractivity contribution in [2.24, 2.45) is 5.73 Å². The maximum absolute atomic E-state index is 5.74. The number of nitrogens with zero attached hydrogens (tertiary/aromatic N) is 2. The molecule has 0 amide bonds. The first-order valence-corrected chi connectivity index (χ1v) is 4.89. The third-order valence-corrected chi connectivity index (χ3v) is 1.99. The Labute approximate surface area is 83.6 Å². The highest BCUT2D eigenvalue weighted by molar-refractivity contribution is 4.93. The Kier molecular flexibility index (Phi) is 4.03. The van der Waals surface area contributed by atoms with E-state index in [0.717, 1.165) is 6.42 Å². The van der Waals surface area contributed by atoms with Crippen LogP contribution in [0.2, 0.25) is 0 Å². The van der Waals surface area contributed by atoms with Crippen LogP contribution < -0.4 is 5.73 Å². The molecule has 0 spiro atoms. The van der Waals surface area contributed by atoms with Gasteiger partial charge < -0.3 is 15.0 Å². The maximum Gasteiger partial charge on any atom is 0.243 e. The number of nitrogens with two attached hydrogens (primary N) is 1. The van der Waals surface area contributed by atoms with E-state index in [1.807, 2.05) is 20.8 Å². The fourth-order valence-electron chi connectivity index (χ4n) is 1.06. The van der Waals surface area contributed by atoms with Crippen molar-refractivity contribution in [1.29, 1.82) is 0 Å². The molecule has 0 bridgehead atoms. The van der Waals surface area contributed by atoms with E-state index in [0.29, 0.717) is 18.3 Å². The zero-order chi connectivity index (χ0) is 10.6. The van der Waals surface area contributed by atoms with E-state index in [1.165, 1.54) is 0 Å². The van der Waals surface area contributed by atoms with Crippen LogP contribution in [0.1, 0.15) is 51.1 Å². The summed E-state index contributed by atoms with van der Waals surface area (Å²) in [5.74, 6) is 1.04. The first-order chi connectivity index (χ1) is 6.69. The molecule has 0 fully saturated rings. The fraction of sp³-hybridized carbons (Fsp3) is 0.778. The summed E-state index contributed by atoms with van der Waals surface area (Å²) in [5.41, 5.74) is 5.74. The number of ether oxygens (including phenoxy) is 1. The fourth-order valence-corrected chi connectivity index (χ4v) is 1.06. The normalized spacial score (nSPS) is 15.4. The van der Waals surface area contributed by atoms with Gasteiger partial charge in [-0.3, -0.25) is 0 Å². The molecule has 1 aromatic heterocycles. The smallest absolute Gasteiger partial charge is 0.243 e. The number of rotatable bonds is 5. The lowest BCUT2D eigenvalue weighted by Gasteiger charge is -2.05. The minimum Gasteiger partial charge on any atom is -0.371 e.